The first kappa shape index (κ1) is 17.1. The minimum atomic E-state index is -0.374. The van der Waals surface area contributed by atoms with Gasteiger partial charge in [0, 0.05) is 11.5 Å². The maximum absolute atomic E-state index is 14.4. The molecule has 0 spiro atoms. The van der Waals surface area contributed by atoms with Gasteiger partial charge in [-0.15, -0.1) is 0 Å². The molecule has 0 amide bonds. The van der Waals surface area contributed by atoms with E-state index in [2.05, 4.69) is 20.4 Å². The van der Waals surface area contributed by atoms with E-state index in [0.29, 0.717) is 29.0 Å². The first-order chi connectivity index (χ1) is 10.9. The van der Waals surface area contributed by atoms with Gasteiger partial charge in [0.2, 0.25) is 0 Å². The number of hydrogen-bond acceptors (Lipinski definition) is 1. The molecule has 0 saturated heterocycles. The summed E-state index contributed by atoms with van der Waals surface area (Å²) in [6.45, 7) is 9.80. The van der Waals surface area contributed by atoms with Gasteiger partial charge in [0.15, 0.2) is 5.78 Å². The number of ketones is 1. The normalized spacial score (nSPS) is 12.2. The molecule has 0 fully saturated rings. The predicted octanol–water partition coefficient (Wildman–Crippen LogP) is 5.77. The SMILES string of the molecule is C=C(CC(C)C)C(=O)[C@H](C)c1ccc(-c2ccccc2)c(F)c1. The van der Waals surface area contributed by atoms with Gasteiger partial charge in [-0.3, -0.25) is 4.79 Å². The van der Waals surface area contributed by atoms with Crippen LogP contribution in [0.4, 0.5) is 4.39 Å². The van der Waals surface area contributed by atoms with Gasteiger partial charge in [0.1, 0.15) is 5.82 Å². The summed E-state index contributed by atoms with van der Waals surface area (Å²) in [5, 5.41) is 0. The van der Waals surface area contributed by atoms with Gasteiger partial charge < -0.3 is 0 Å². The monoisotopic (exact) mass is 310 g/mol. The van der Waals surface area contributed by atoms with Crippen LogP contribution in [-0.4, -0.2) is 5.78 Å². The van der Waals surface area contributed by atoms with E-state index in [1.807, 2.05) is 43.3 Å². The van der Waals surface area contributed by atoms with Gasteiger partial charge in [-0.1, -0.05) is 69.8 Å². The summed E-state index contributed by atoms with van der Waals surface area (Å²) < 4.78 is 14.4. The van der Waals surface area contributed by atoms with Crippen LogP contribution in [0.5, 0.6) is 0 Å². The van der Waals surface area contributed by atoms with Crippen LogP contribution in [-0.2, 0) is 4.79 Å². The van der Waals surface area contributed by atoms with E-state index in [0.717, 1.165) is 5.56 Å². The molecule has 2 rings (SSSR count). The zero-order valence-corrected chi connectivity index (χ0v) is 14.0. The third-order valence-electron chi connectivity index (χ3n) is 3.97. The lowest BCUT2D eigenvalue weighted by molar-refractivity contribution is -0.116. The van der Waals surface area contributed by atoms with E-state index < -0.39 is 0 Å². The Hall–Kier alpha value is -2.22. The molecular formula is C21H23FO. The topological polar surface area (TPSA) is 17.1 Å². The first-order valence-corrected chi connectivity index (χ1v) is 7.97. The molecule has 1 atom stereocenters. The van der Waals surface area contributed by atoms with Crippen LogP contribution in [0, 0.1) is 11.7 Å². The Morgan fingerprint density at radius 2 is 1.74 bits per heavy atom. The quantitative estimate of drug-likeness (QED) is 0.619. The van der Waals surface area contributed by atoms with Gasteiger partial charge in [-0.2, -0.15) is 0 Å². The van der Waals surface area contributed by atoms with Crippen molar-refractivity contribution in [2.24, 2.45) is 5.92 Å². The Bertz CT molecular complexity index is 701. The number of allylic oxidation sites excluding steroid dienone is 1. The highest BCUT2D eigenvalue weighted by atomic mass is 19.1. The van der Waals surface area contributed by atoms with Crippen LogP contribution in [0.3, 0.4) is 0 Å². The third kappa shape index (κ3) is 4.16. The molecule has 2 heteroatoms. The van der Waals surface area contributed by atoms with Crippen molar-refractivity contribution in [3.63, 3.8) is 0 Å². The summed E-state index contributed by atoms with van der Waals surface area (Å²) in [4.78, 5) is 12.4. The molecule has 0 aliphatic rings. The summed E-state index contributed by atoms with van der Waals surface area (Å²) in [6.07, 6.45) is 0.674. The molecule has 0 saturated carbocycles. The van der Waals surface area contributed by atoms with Crippen LogP contribution < -0.4 is 0 Å². The molecule has 0 aliphatic carbocycles. The number of hydrogen-bond donors (Lipinski definition) is 0. The van der Waals surface area contributed by atoms with Crippen molar-refractivity contribution in [2.45, 2.75) is 33.1 Å². The molecule has 0 aromatic heterocycles. The maximum Gasteiger partial charge on any atom is 0.165 e. The summed E-state index contributed by atoms with van der Waals surface area (Å²) in [5.41, 5.74) is 2.69. The van der Waals surface area contributed by atoms with E-state index in [1.165, 1.54) is 6.07 Å². The maximum atomic E-state index is 14.4. The van der Waals surface area contributed by atoms with Crippen LogP contribution in [0.1, 0.15) is 38.7 Å². The Kier molecular flexibility index (Phi) is 5.49. The van der Waals surface area contributed by atoms with E-state index >= 15 is 0 Å². The van der Waals surface area contributed by atoms with Crippen molar-refractivity contribution in [2.75, 3.05) is 0 Å². The lowest BCUT2D eigenvalue weighted by Crippen LogP contribution is -2.13. The number of carbonyl (C=O) groups excluding carboxylic acids is 1. The zero-order valence-electron chi connectivity index (χ0n) is 14.0. The fourth-order valence-electron chi connectivity index (χ4n) is 2.70. The largest absolute Gasteiger partial charge is 0.294 e. The van der Waals surface area contributed by atoms with E-state index in [-0.39, 0.29) is 17.5 Å². The predicted molar refractivity (Wildman–Crippen MR) is 93.9 cm³/mol. The fourth-order valence-corrected chi connectivity index (χ4v) is 2.70. The van der Waals surface area contributed by atoms with Gasteiger partial charge in [-0.05, 0) is 35.1 Å². The second-order valence-electron chi connectivity index (χ2n) is 6.39. The molecule has 0 aliphatic heterocycles. The Morgan fingerprint density at radius 3 is 2.30 bits per heavy atom. The molecule has 2 aromatic carbocycles. The standard InChI is InChI=1S/C21H23FO/c1-14(2)12-15(3)21(23)16(4)18-10-11-19(20(22)13-18)17-8-6-5-7-9-17/h5-11,13-14,16H,3,12H2,1-2,4H3/t16-/m1/s1. The molecule has 0 heterocycles. The third-order valence-corrected chi connectivity index (χ3v) is 3.97. The molecule has 2 aromatic rings. The molecule has 23 heavy (non-hydrogen) atoms. The summed E-state index contributed by atoms with van der Waals surface area (Å²) in [6, 6.07) is 14.4. The second kappa shape index (κ2) is 7.36. The number of halogens is 1. The Balaban J connectivity index is 2.23. The van der Waals surface area contributed by atoms with Crippen molar-refractivity contribution in [3.8, 4) is 11.1 Å². The van der Waals surface area contributed by atoms with Crippen molar-refractivity contribution in [1.29, 1.82) is 0 Å². The summed E-state index contributed by atoms with van der Waals surface area (Å²) in [5.74, 6) is -0.301. The Morgan fingerprint density at radius 1 is 1.09 bits per heavy atom. The van der Waals surface area contributed by atoms with Crippen LogP contribution in [0.25, 0.3) is 11.1 Å². The minimum absolute atomic E-state index is 0.00874. The van der Waals surface area contributed by atoms with Gasteiger partial charge in [-0.25, -0.2) is 4.39 Å². The van der Waals surface area contributed by atoms with E-state index in [1.54, 1.807) is 6.07 Å². The average molecular weight is 310 g/mol. The smallest absolute Gasteiger partial charge is 0.165 e. The molecule has 0 bridgehead atoms. The highest BCUT2D eigenvalue weighted by molar-refractivity contribution is 5.99. The molecule has 0 radical (unpaired) electrons. The van der Waals surface area contributed by atoms with Gasteiger partial charge in [0.05, 0.1) is 0 Å². The fraction of sp³-hybridized carbons (Fsp3) is 0.286. The number of carbonyl (C=O) groups is 1. The number of benzene rings is 2. The van der Waals surface area contributed by atoms with Crippen LogP contribution in [0.15, 0.2) is 60.7 Å². The first-order valence-electron chi connectivity index (χ1n) is 7.97. The highest BCUT2D eigenvalue weighted by Crippen LogP contribution is 2.28. The van der Waals surface area contributed by atoms with Crippen molar-refractivity contribution < 1.29 is 9.18 Å². The summed E-state index contributed by atoms with van der Waals surface area (Å²) in [7, 11) is 0. The highest BCUT2D eigenvalue weighted by Gasteiger charge is 2.20. The lowest BCUT2D eigenvalue weighted by Gasteiger charge is -2.15. The Labute approximate surface area is 137 Å². The molecule has 0 unspecified atom stereocenters. The van der Waals surface area contributed by atoms with Gasteiger partial charge >= 0.3 is 0 Å². The molecule has 120 valence electrons. The van der Waals surface area contributed by atoms with Crippen LogP contribution in [0.2, 0.25) is 0 Å². The molecule has 0 N–H and O–H groups in total. The van der Waals surface area contributed by atoms with Gasteiger partial charge in [0.25, 0.3) is 0 Å². The average Bonchev–Trinajstić information content (AvgIpc) is 2.53. The van der Waals surface area contributed by atoms with E-state index in [9.17, 15) is 9.18 Å². The number of rotatable bonds is 6. The van der Waals surface area contributed by atoms with Crippen molar-refractivity contribution in [3.05, 3.63) is 72.1 Å². The lowest BCUT2D eigenvalue weighted by atomic mass is 9.88. The summed E-state index contributed by atoms with van der Waals surface area (Å²) >= 11 is 0. The van der Waals surface area contributed by atoms with Crippen molar-refractivity contribution >= 4 is 5.78 Å². The van der Waals surface area contributed by atoms with E-state index in [4.69, 9.17) is 0 Å². The minimum Gasteiger partial charge on any atom is -0.294 e. The van der Waals surface area contributed by atoms with Crippen molar-refractivity contribution in [1.82, 2.24) is 0 Å². The zero-order chi connectivity index (χ0) is 17.0. The van der Waals surface area contributed by atoms with Crippen LogP contribution >= 0.6 is 0 Å². The second-order valence-corrected chi connectivity index (χ2v) is 6.39. The molecular weight excluding hydrogens is 287 g/mol. The number of Topliss-reactive ketones (excluding diaryl/α,β-unsaturated/α-hetero) is 1. The molecule has 1 nitrogen and oxygen atoms in total.